The van der Waals surface area contributed by atoms with Crippen LogP contribution in [0.2, 0.25) is 0 Å². The van der Waals surface area contributed by atoms with Gasteiger partial charge in [-0.15, -0.1) is 0 Å². The van der Waals surface area contributed by atoms with E-state index in [2.05, 4.69) is 34.9 Å². The van der Waals surface area contributed by atoms with Crippen LogP contribution in [0.1, 0.15) is 18.9 Å². The summed E-state index contributed by atoms with van der Waals surface area (Å²) in [5.41, 5.74) is 1.28. The largest absolute Gasteiger partial charge is 0.354 e. The number of aromatic nitrogens is 1. The highest BCUT2D eigenvalue weighted by Gasteiger charge is 2.30. The minimum Gasteiger partial charge on any atom is -0.354 e. The summed E-state index contributed by atoms with van der Waals surface area (Å²) in [6, 6.07) is 13.8. The van der Waals surface area contributed by atoms with Crippen molar-refractivity contribution in [2.45, 2.75) is 25.9 Å². The maximum Gasteiger partial charge on any atom is 0.241 e. The molecule has 1 fully saturated rings. The normalized spacial score (nSPS) is 18.6. The first-order chi connectivity index (χ1) is 11.7. The molecule has 0 radical (unpaired) electrons. The quantitative estimate of drug-likeness (QED) is 0.850. The Labute approximate surface area is 142 Å². The summed E-state index contributed by atoms with van der Waals surface area (Å²) in [5.74, 6) is 0.0664. The Morgan fingerprint density at radius 3 is 2.67 bits per heavy atom. The second-order valence-corrected chi connectivity index (χ2v) is 6.23. The van der Waals surface area contributed by atoms with Crippen LogP contribution < -0.4 is 4.90 Å². The number of rotatable bonds is 5. The Kier molecular flexibility index (Phi) is 4.97. The lowest BCUT2D eigenvalue weighted by Gasteiger charge is -2.39. The van der Waals surface area contributed by atoms with Gasteiger partial charge in [-0.2, -0.15) is 5.26 Å². The number of hydrogen-bond acceptors (Lipinski definition) is 3. The van der Waals surface area contributed by atoms with Crippen LogP contribution in [-0.4, -0.2) is 41.1 Å². The molecule has 0 spiro atoms. The molecule has 5 heteroatoms. The van der Waals surface area contributed by atoms with E-state index in [0.717, 1.165) is 25.2 Å². The van der Waals surface area contributed by atoms with Gasteiger partial charge in [0, 0.05) is 38.1 Å². The summed E-state index contributed by atoms with van der Waals surface area (Å²) in [6.07, 6.45) is 5.14. The molecule has 1 saturated heterocycles. The maximum absolute atomic E-state index is 12.6. The Balaban J connectivity index is 1.62. The molecular formula is C19H22N4O. The molecule has 5 nitrogen and oxygen atoms in total. The highest BCUT2D eigenvalue weighted by atomic mass is 16.2. The zero-order valence-corrected chi connectivity index (χ0v) is 13.9. The molecule has 0 saturated carbocycles. The van der Waals surface area contributed by atoms with E-state index >= 15 is 0 Å². The molecule has 1 amide bonds. The van der Waals surface area contributed by atoms with Crippen LogP contribution in [0.25, 0.3) is 0 Å². The number of amides is 1. The molecule has 124 valence electrons. The second kappa shape index (κ2) is 7.33. The lowest BCUT2D eigenvalue weighted by Crippen LogP contribution is -2.55. The first-order valence-electron chi connectivity index (χ1n) is 8.33. The van der Waals surface area contributed by atoms with Crippen LogP contribution in [0.5, 0.6) is 0 Å². The van der Waals surface area contributed by atoms with Crippen molar-refractivity contribution in [1.82, 2.24) is 9.47 Å². The van der Waals surface area contributed by atoms with Crippen molar-refractivity contribution in [3.63, 3.8) is 0 Å². The molecule has 1 aliphatic heterocycles. The number of aryl methyl sites for hydroxylation is 1. The topological polar surface area (TPSA) is 52.3 Å². The van der Waals surface area contributed by atoms with Gasteiger partial charge in [0.1, 0.15) is 6.07 Å². The average molecular weight is 322 g/mol. The van der Waals surface area contributed by atoms with Gasteiger partial charge >= 0.3 is 0 Å². The predicted molar refractivity (Wildman–Crippen MR) is 93.6 cm³/mol. The molecule has 1 aromatic carbocycles. The van der Waals surface area contributed by atoms with E-state index in [1.54, 1.807) is 11.0 Å². The van der Waals surface area contributed by atoms with Gasteiger partial charge in [0.2, 0.25) is 5.91 Å². The van der Waals surface area contributed by atoms with Crippen LogP contribution in [-0.2, 0) is 11.3 Å². The number of piperazine rings is 1. The van der Waals surface area contributed by atoms with Crippen LogP contribution in [0.3, 0.4) is 0 Å². The Morgan fingerprint density at radius 1 is 1.17 bits per heavy atom. The van der Waals surface area contributed by atoms with Crippen LogP contribution in [0, 0.1) is 11.3 Å². The lowest BCUT2D eigenvalue weighted by molar-refractivity contribution is -0.122. The Hall–Kier alpha value is -2.58. The number of carbonyl (C=O) groups is 1. The van der Waals surface area contributed by atoms with Crippen molar-refractivity contribution in [3.8, 4) is 6.07 Å². The minimum atomic E-state index is 0.0664. The van der Waals surface area contributed by atoms with Crippen molar-refractivity contribution in [3.05, 3.63) is 54.4 Å². The number of carbonyl (C=O) groups excluding carboxylic acids is 1. The number of anilines is 1. The number of benzene rings is 1. The van der Waals surface area contributed by atoms with Crippen LogP contribution in [0.15, 0.2) is 48.8 Å². The van der Waals surface area contributed by atoms with Gasteiger partial charge in [-0.3, -0.25) is 9.69 Å². The minimum absolute atomic E-state index is 0.0664. The molecule has 0 bridgehead atoms. The van der Waals surface area contributed by atoms with E-state index in [1.807, 2.05) is 30.3 Å². The molecule has 0 N–H and O–H groups in total. The zero-order valence-electron chi connectivity index (χ0n) is 13.9. The van der Waals surface area contributed by atoms with Crippen molar-refractivity contribution in [1.29, 1.82) is 5.26 Å². The molecule has 3 rings (SSSR count). The summed E-state index contributed by atoms with van der Waals surface area (Å²) in [7, 11) is 0. The summed E-state index contributed by atoms with van der Waals surface area (Å²) in [4.78, 5) is 16.6. The van der Waals surface area contributed by atoms with E-state index in [1.165, 1.54) is 0 Å². The lowest BCUT2D eigenvalue weighted by atomic mass is 10.1. The zero-order chi connectivity index (χ0) is 16.9. The third-order valence-electron chi connectivity index (χ3n) is 4.55. The standard InChI is InChI=1S/C19H22N4O/c1-16-14-23(18-8-3-2-7-17(18)13-20)19(24)15-22(16)12-6-11-21-9-4-5-10-21/h2-5,7-10,16H,6,11-12,14-15H2,1H3/t16-/m1/s1. The third kappa shape index (κ3) is 3.50. The number of nitrogens with zero attached hydrogens (tertiary/aromatic N) is 4. The fourth-order valence-electron chi connectivity index (χ4n) is 3.21. The highest BCUT2D eigenvalue weighted by molar-refractivity contribution is 5.96. The van der Waals surface area contributed by atoms with Gasteiger partial charge in [-0.05, 0) is 37.6 Å². The third-order valence-corrected chi connectivity index (χ3v) is 4.55. The van der Waals surface area contributed by atoms with E-state index in [4.69, 9.17) is 0 Å². The van der Waals surface area contributed by atoms with Crippen molar-refractivity contribution >= 4 is 11.6 Å². The number of nitriles is 1. The Bertz CT molecular complexity index is 732. The smallest absolute Gasteiger partial charge is 0.241 e. The predicted octanol–water partition coefficient (Wildman–Crippen LogP) is 2.49. The van der Waals surface area contributed by atoms with Gasteiger partial charge in [0.15, 0.2) is 0 Å². The molecule has 2 aromatic rings. The number of hydrogen-bond donors (Lipinski definition) is 0. The van der Waals surface area contributed by atoms with Gasteiger partial charge in [-0.1, -0.05) is 12.1 Å². The molecular weight excluding hydrogens is 300 g/mol. The molecule has 0 unspecified atom stereocenters. The molecule has 1 aliphatic rings. The summed E-state index contributed by atoms with van der Waals surface area (Å²) < 4.78 is 2.16. The summed E-state index contributed by atoms with van der Waals surface area (Å²) in [5, 5.41) is 9.26. The summed E-state index contributed by atoms with van der Waals surface area (Å²) >= 11 is 0. The number of para-hydroxylation sites is 1. The van der Waals surface area contributed by atoms with Gasteiger partial charge < -0.3 is 9.47 Å². The second-order valence-electron chi connectivity index (χ2n) is 6.23. The van der Waals surface area contributed by atoms with Crippen molar-refractivity contribution in [2.24, 2.45) is 0 Å². The molecule has 2 heterocycles. The van der Waals surface area contributed by atoms with Crippen LogP contribution >= 0.6 is 0 Å². The first kappa shape index (κ1) is 16.3. The fraction of sp³-hybridized carbons (Fsp3) is 0.368. The van der Waals surface area contributed by atoms with Gasteiger partial charge in [0.05, 0.1) is 17.8 Å². The maximum atomic E-state index is 12.6. The van der Waals surface area contributed by atoms with Crippen molar-refractivity contribution in [2.75, 3.05) is 24.5 Å². The first-order valence-corrected chi connectivity index (χ1v) is 8.33. The van der Waals surface area contributed by atoms with Gasteiger partial charge in [-0.25, -0.2) is 0 Å². The SMILES string of the molecule is C[C@@H]1CN(c2ccccc2C#N)C(=O)CN1CCCn1cccc1. The molecule has 0 aliphatic carbocycles. The average Bonchev–Trinajstić information content (AvgIpc) is 3.11. The van der Waals surface area contributed by atoms with Crippen LogP contribution in [0.4, 0.5) is 5.69 Å². The van der Waals surface area contributed by atoms with E-state index in [0.29, 0.717) is 18.7 Å². The molecule has 24 heavy (non-hydrogen) atoms. The van der Waals surface area contributed by atoms with E-state index < -0.39 is 0 Å². The Morgan fingerprint density at radius 2 is 1.92 bits per heavy atom. The van der Waals surface area contributed by atoms with Crippen molar-refractivity contribution < 1.29 is 4.79 Å². The monoisotopic (exact) mass is 322 g/mol. The summed E-state index contributed by atoms with van der Waals surface area (Å²) in [6.45, 7) is 5.04. The highest BCUT2D eigenvalue weighted by Crippen LogP contribution is 2.23. The fourth-order valence-corrected chi connectivity index (χ4v) is 3.21. The van der Waals surface area contributed by atoms with E-state index in [9.17, 15) is 10.1 Å². The molecule has 1 atom stereocenters. The van der Waals surface area contributed by atoms with E-state index in [-0.39, 0.29) is 11.9 Å². The molecule has 1 aromatic heterocycles. The van der Waals surface area contributed by atoms with Gasteiger partial charge in [0.25, 0.3) is 0 Å².